The van der Waals surface area contributed by atoms with Gasteiger partial charge >= 0.3 is 6.36 Å². The molecule has 0 radical (unpaired) electrons. The van der Waals surface area contributed by atoms with Gasteiger partial charge in [-0.05, 0) is 12.1 Å². The highest BCUT2D eigenvalue weighted by molar-refractivity contribution is 6.32. The van der Waals surface area contributed by atoms with Gasteiger partial charge in [0.1, 0.15) is 10.9 Å². The van der Waals surface area contributed by atoms with Crippen molar-refractivity contribution in [3.63, 3.8) is 0 Å². The van der Waals surface area contributed by atoms with E-state index in [0.29, 0.717) is 6.29 Å². The molecule has 0 saturated heterocycles. The zero-order chi connectivity index (χ0) is 14.8. The van der Waals surface area contributed by atoms with Crippen LogP contribution in [0.3, 0.4) is 0 Å². The predicted molar refractivity (Wildman–Crippen MR) is 66.8 cm³/mol. The second kappa shape index (κ2) is 5.50. The number of benzene rings is 1. The van der Waals surface area contributed by atoms with Gasteiger partial charge in [-0.3, -0.25) is 4.79 Å². The van der Waals surface area contributed by atoms with Gasteiger partial charge in [-0.15, -0.1) is 13.2 Å². The minimum absolute atomic E-state index is 0.0463. The lowest BCUT2D eigenvalue weighted by Crippen LogP contribution is -2.17. The highest BCUT2D eigenvalue weighted by Gasteiger charge is 2.32. The van der Waals surface area contributed by atoms with Gasteiger partial charge in [0.25, 0.3) is 0 Å². The van der Waals surface area contributed by atoms with E-state index in [4.69, 9.17) is 11.6 Å². The van der Waals surface area contributed by atoms with Gasteiger partial charge in [-0.1, -0.05) is 29.8 Å². The number of hydrogen-bond donors (Lipinski definition) is 0. The molecule has 2 aromatic rings. The summed E-state index contributed by atoms with van der Waals surface area (Å²) in [5.74, 6) is -0.446. The topological polar surface area (TPSA) is 39.2 Å². The predicted octanol–water partition coefficient (Wildman–Crippen LogP) is 4.11. The number of aromatic nitrogens is 1. The summed E-state index contributed by atoms with van der Waals surface area (Å²) in [5, 5.41) is -0.0761. The van der Waals surface area contributed by atoms with Crippen molar-refractivity contribution in [2.45, 2.75) is 6.36 Å². The van der Waals surface area contributed by atoms with Gasteiger partial charge in [-0.25, -0.2) is 4.98 Å². The molecule has 1 aromatic heterocycles. The zero-order valence-electron chi connectivity index (χ0n) is 9.82. The molecule has 1 aromatic carbocycles. The molecular weight excluding hydrogens is 295 g/mol. The molecule has 1 heterocycles. The molecule has 0 fully saturated rings. The lowest BCUT2D eigenvalue weighted by Gasteiger charge is -2.14. The molecule has 20 heavy (non-hydrogen) atoms. The minimum Gasteiger partial charge on any atom is -0.405 e. The normalized spacial score (nSPS) is 11.2. The summed E-state index contributed by atoms with van der Waals surface area (Å²) in [6.07, 6.45) is -3.05. The van der Waals surface area contributed by atoms with Crippen molar-refractivity contribution in [2.75, 3.05) is 0 Å². The molecule has 104 valence electrons. The summed E-state index contributed by atoms with van der Waals surface area (Å²) in [5.41, 5.74) is 0.275. The molecule has 0 bridgehead atoms. The molecule has 0 saturated carbocycles. The van der Waals surface area contributed by atoms with Crippen LogP contribution in [0.5, 0.6) is 5.75 Å². The van der Waals surface area contributed by atoms with Crippen LogP contribution in [0.4, 0.5) is 13.2 Å². The van der Waals surface area contributed by atoms with Gasteiger partial charge in [0.2, 0.25) is 0 Å². The van der Waals surface area contributed by atoms with Crippen molar-refractivity contribution in [1.82, 2.24) is 4.98 Å². The minimum atomic E-state index is -4.84. The average Bonchev–Trinajstić information content (AvgIpc) is 2.37. The molecule has 3 nitrogen and oxygen atoms in total. The molecule has 0 aliphatic heterocycles. The van der Waals surface area contributed by atoms with Gasteiger partial charge in [0, 0.05) is 22.9 Å². The Hall–Kier alpha value is -2.08. The number of aldehydes is 1. The number of carbonyl (C=O) groups is 1. The SMILES string of the molecule is O=Cc1ccnc(Cl)c1-c1ccccc1OC(F)(F)F. The van der Waals surface area contributed by atoms with E-state index in [1.54, 1.807) is 0 Å². The summed E-state index contributed by atoms with van der Waals surface area (Å²) in [7, 11) is 0. The number of carbonyl (C=O) groups excluding carboxylic acids is 1. The molecule has 7 heteroatoms. The highest BCUT2D eigenvalue weighted by atomic mass is 35.5. The number of para-hydroxylation sites is 1. The van der Waals surface area contributed by atoms with Crippen molar-refractivity contribution in [1.29, 1.82) is 0 Å². The molecular formula is C13H7ClF3NO2. The first-order valence-corrected chi connectivity index (χ1v) is 5.75. The highest BCUT2D eigenvalue weighted by Crippen LogP contribution is 2.37. The number of hydrogen-bond acceptors (Lipinski definition) is 3. The van der Waals surface area contributed by atoms with E-state index in [1.165, 1.54) is 30.5 Å². The summed E-state index contributed by atoms with van der Waals surface area (Å²) >= 11 is 5.88. The molecule has 0 spiro atoms. The van der Waals surface area contributed by atoms with Crippen molar-refractivity contribution < 1.29 is 22.7 Å². The quantitative estimate of drug-likeness (QED) is 0.632. The molecule has 0 aliphatic rings. The fourth-order valence-corrected chi connectivity index (χ4v) is 1.97. The average molecular weight is 302 g/mol. The summed E-state index contributed by atoms with van der Waals surface area (Å²) in [6.45, 7) is 0. The first-order chi connectivity index (χ1) is 9.42. The molecule has 2 rings (SSSR count). The lowest BCUT2D eigenvalue weighted by atomic mass is 10.0. The van der Waals surface area contributed by atoms with Crippen LogP contribution >= 0.6 is 11.6 Å². The fourth-order valence-electron chi connectivity index (χ4n) is 1.70. The van der Waals surface area contributed by atoms with E-state index < -0.39 is 12.1 Å². The summed E-state index contributed by atoms with van der Waals surface area (Å²) in [4.78, 5) is 14.8. The Morgan fingerprint density at radius 1 is 1.20 bits per heavy atom. The fraction of sp³-hybridized carbons (Fsp3) is 0.0769. The van der Waals surface area contributed by atoms with Crippen molar-refractivity contribution in [2.24, 2.45) is 0 Å². The summed E-state index contributed by atoms with van der Waals surface area (Å²) < 4.78 is 41.1. The molecule has 0 aliphatic carbocycles. The number of halogens is 4. The van der Waals surface area contributed by atoms with Gasteiger partial charge in [-0.2, -0.15) is 0 Å². The van der Waals surface area contributed by atoms with Crippen LogP contribution in [0, 0.1) is 0 Å². The zero-order valence-corrected chi connectivity index (χ0v) is 10.6. The van der Waals surface area contributed by atoms with Crippen LogP contribution < -0.4 is 4.74 Å². The van der Waals surface area contributed by atoms with Crippen molar-refractivity contribution in [3.8, 4) is 16.9 Å². The maximum absolute atomic E-state index is 12.4. The largest absolute Gasteiger partial charge is 0.573 e. The smallest absolute Gasteiger partial charge is 0.405 e. The molecule has 0 N–H and O–H groups in total. The lowest BCUT2D eigenvalue weighted by molar-refractivity contribution is -0.274. The number of rotatable bonds is 3. The Kier molecular flexibility index (Phi) is 3.94. The Morgan fingerprint density at radius 2 is 1.90 bits per heavy atom. The van der Waals surface area contributed by atoms with Crippen molar-refractivity contribution >= 4 is 17.9 Å². The monoisotopic (exact) mass is 301 g/mol. The molecule has 0 unspecified atom stereocenters. The van der Waals surface area contributed by atoms with Gasteiger partial charge < -0.3 is 4.74 Å². The number of ether oxygens (including phenoxy) is 1. The van der Waals surface area contributed by atoms with Crippen LogP contribution in [0.15, 0.2) is 36.5 Å². The van der Waals surface area contributed by atoms with E-state index in [2.05, 4.69) is 9.72 Å². The number of nitrogens with zero attached hydrogens (tertiary/aromatic N) is 1. The van der Waals surface area contributed by atoms with E-state index in [0.717, 1.165) is 6.07 Å². The van der Waals surface area contributed by atoms with E-state index in [-0.39, 0.29) is 21.8 Å². The molecule has 0 atom stereocenters. The third-order valence-corrected chi connectivity index (χ3v) is 2.73. The van der Waals surface area contributed by atoms with Crippen LogP contribution in [0.25, 0.3) is 11.1 Å². The molecule has 0 amide bonds. The van der Waals surface area contributed by atoms with Crippen LogP contribution in [0.1, 0.15) is 10.4 Å². The van der Waals surface area contributed by atoms with E-state index in [1.807, 2.05) is 0 Å². The first kappa shape index (κ1) is 14.3. The van der Waals surface area contributed by atoms with E-state index >= 15 is 0 Å². The number of alkyl halides is 3. The maximum atomic E-state index is 12.4. The van der Waals surface area contributed by atoms with Gasteiger partial charge in [0.05, 0.1) is 0 Å². The summed E-state index contributed by atoms with van der Waals surface area (Å²) in [6, 6.07) is 6.77. The Morgan fingerprint density at radius 3 is 2.55 bits per heavy atom. The van der Waals surface area contributed by atoms with E-state index in [9.17, 15) is 18.0 Å². The second-order valence-corrected chi connectivity index (χ2v) is 4.09. The Balaban J connectivity index is 2.62. The second-order valence-electron chi connectivity index (χ2n) is 3.73. The standard InChI is InChI=1S/C13H7ClF3NO2/c14-12-11(8(7-19)5-6-18-12)9-3-1-2-4-10(9)20-13(15,16)17/h1-7H. The third-order valence-electron chi connectivity index (χ3n) is 2.45. The van der Waals surface area contributed by atoms with Crippen LogP contribution in [-0.4, -0.2) is 17.6 Å². The Bertz CT molecular complexity index is 644. The number of pyridine rings is 1. The maximum Gasteiger partial charge on any atom is 0.573 e. The Labute approximate surface area is 117 Å². The van der Waals surface area contributed by atoms with Crippen LogP contribution in [0.2, 0.25) is 5.15 Å². The third kappa shape index (κ3) is 3.08. The van der Waals surface area contributed by atoms with Gasteiger partial charge in [0.15, 0.2) is 6.29 Å². The first-order valence-electron chi connectivity index (χ1n) is 5.37. The van der Waals surface area contributed by atoms with Crippen LogP contribution in [-0.2, 0) is 0 Å². The van der Waals surface area contributed by atoms with Crippen molar-refractivity contribution in [3.05, 3.63) is 47.2 Å².